The predicted octanol–water partition coefficient (Wildman–Crippen LogP) is 5.35. The fourth-order valence-corrected chi connectivity index (χ4v) is 4.11. The van der Waals surface area contributed by atoms with Crippen molar-refractivity contribution in [3.05, 3.63) is 58.8 Å². The summed E-state index contributed by atoms with van der Waals surface area (Å²) in [6.45, 7) is 7.31. The van der Waals surface area contributed by atoms with E-state index in [4.69, 9.17) is 4.74 Å². The summed E-state index contributed by atoms with van der Waals surface area (Å²) in [5.74, 6) is -0.283. The van der Waals surface area contributed by atoms with Gasteiger partial charge in [0.25, 0.3) is 0 Å². The first-order chi connectivity index (χ1) is 15.0. The maximum Gasteiger partial charge on any atom is 0.339 e. The minimum atomic E-state index is -0.322. The maximum atomic E-state index is 12.5. The molecule has 0 radical (unpaired) electrons. The fourth-order valence-electron chi connectivity index (χ4n) is 4.11. The Morgan fingerprint density at radius 2 is 1.90 bits per heavy atom. The molecule has 0 unspecified atom stereocenters. The molecule has 1 aromatic carbocycles. The molecule has 0 aliphatic heterocycles. The van der Waals surface area contributed by atoms with Gasteiger partial charge in [-0.25, -0.2) is 4.79 Å². The van der Waals surface area contributed by atoms with Crippen LogP contribution in [0.15, 0.2) is 42.0 Å². The summed E-state index contributed by atoms with van der Waals surface area (Å²) in [7, 11) is 0. The third kappa shape index (κ3) is 6.09. The molecule has 1 N–H and O–H groups in total. The Balaban J connectivity index is 1.69. The fraction of sp³-hybridized carbons (Fsp3) is 0.462. The van der Waals surface area contributed by atoms with Gasteiger partial charge in [0, 0.05) is 30.9 Å². The zero-order valence-corrected chi connectivity index (χ0v) is 19.0. The highest BCUT2D eigenvalue weighted by atomic mass is 16.5. The van der Waals surface area contributed by atoms with Crippen molar-refractivity contribution in [2.24, 2.45) is 0 Å². The molecule has 166 valence electrons. The number of esters is 1. The quantitative estimate of drug-likeness (QED) is 0.438. The average Bonchev–Trinajstić information content (AvgIpc) is 3.10. The molecule has 31 heavy (non-hydrogen) atoms. The molecular weight excluding hydrogens is 388 g/mol. The monoisotopic (exact) mass is 422 g/mol. The first-order valence-corrected chi connectivity index (χ1v) is 11.4. The second-order valence-electron chi connectivity index (χ2n) is 8.22. The van der Waals surface area contributed by atoms with Crippen LogP contribution < -0.4 is 5.32 Å². The van der Waals surface area contributed by atoms with Gasteiger partial charge in [-0.2, -0.15) is 0 Å². The summed E-state index contributed by atoms with van der Waals surface area (Å²) in [5, 5.41) is 3.05. The van der Waals surface area contributed by atoms with Gasteiger partial charge in [-0.3, -0.25) is 4.79 Å². The van der Waals surface area contributed by atoms with Gasteiger partial charge in [-0.1, -0.05) is 41.5 Å². The molecule has 3 rings (SSSR count). The van der Waals surface area contributed by atoms with Gasteiger partial charge in [0.05, 0.1) is 12.2 Å². The highest BCUT2D eigenvalue weighted by Gasteiger charge is 2.20. The van der Waals surface area contributed by atoms with E-state index in [9.17, 15) is 9.59 Å². The van der Waals surface area contributed by atoms with Gasteiger partial charge in [0.2, 0.25) is 5.91 Å². The normalized spacial score (nSPS) is 13.6. The van der Waals surface area contributed by atoms with E-state index in [-0.39, 0.29) is 11.9 Å². The largest absolute Gasteiger partial charge is 0.462 e. The smallest absolute Gasteiger partial charge is 0.339 e. The van der Waals surface area contributed by atoms with Crippen molar-refractivity contribution >= 4 is 11.9 Å². The predicted molar refractivity (Wildman–Crippen MR) is 124 cm³/mol. The molecule has 1 aliphatic carbocycles. The summed E-state index contributed by atoms with van der Waals surface area (Å²) in [6, 6.07) is 10.1. The van der Waals surface area contributed by atoms with Crippen molar-refractivity contribution < 1.29 is 14.3 Å². The number of hydrogen-bond donors (Lipinski definition) is 1. The van der Waals surface area contributed by atoms with Gasteiger partial charge < -0.3 is 14.6 Å². The van der Waals surface area contributed by atoms with Crippen LogP contribution in [0.25, 0.3) is 11.3 Å². The minimum Gasteiger partial charge on any atom is -0.462 e. The van der Waals surface area contributed by atoms with Gasteiger partial charge >= 0.3 is 5.97 Å². The van der Waals surface area contributed by atoms with Crippen LogP contribution in [-0.4, -0.2) is 29.6 Å². The molecule has 0 fully saturated rings. The van der Waals surface area contributed by atoms with Crippen molar-refractivity contribution in [2.75, 3.05) is 13.2 Å². The number of allylic oxidation sites excluding steroid dienone is 1. The van der Waals surface area contributed by atoms with E-state index >= 15 is 0 Å². The van der Waals surface area contributed by atoms with Crippen molar-refractivity contribution in [1.29, 1.82) is 0 Å². The number of carbonyl (C=O) groups is 2. The number of benzene rings is 1. The number of hydrogen-bond acceptors (Lipinski definition) is 3. The zero-order valence-electron chi connectivity index (χ0n) is 19.0. The van der Waals surface area contributed by atoms with Crippen molar-refractivity contribution in [3.63, 3.8) is 0 Å². The molecule has 1 aliphatic rings. The molecule has 2 aromatic rings. The molecule has 1 aromatic heterocycles. The second-order valence-corrected chi connectivity index (χ2v) is 8.22. The standard InChI is InChI=1S/C26H34N2O3/c1-4-31-26(30)23-18-24(22-12-10-19(2)11-13-22)28(20(23)3)17-15-25(29)27-16-14-21-8-6-5-7-9-21/h8,10-13,18H,4-7,9,14-17H2,1-3H3,(H,27,29). The zero-order chi connectivity index (χ0) is 22.2. The third-order valence-corrected chi connectivity index (χ3v) is 5.92. The van der Waals surface area contributed by atoms with Crippen molar-refractivity contribution in [2.45, 2.75) is 65.8 Å². The van der Waals surface area contributed by atoms with Crippen LogP contribution in [0.4, 0.5) is 0 Å². The van der Waals surface area contributed by atoms with Crippen LogP contribution in [0.5, 0.6) is 0 Å². The Hall–Kier alpha value is -2.82. The Bertz CT molecular complexity index is 938. The molecule has 1 heterocycles. The number of nitrogens with zero attached hydrogens (tertiary/aromatic N) is 1. The number of rotatable bonds is 9. The number of amides is 1. The van der Waals surface area contributed by atoms with E-state index in [1.807, 2.05) is 32.0 Å². The number of carbonyl (C=O) groups excluding carboxylic acids is 2. The van der Waals surface area contributed by atoms with Gasteiger partial charge in [-0.15, -0.1) is 0 Å². The molecule has 0 saturated heterocycles. The highest BCUT2D eigenvalue weighted by molar-refractivity contribution is 5.92. The Kier molecular flexibility index (Phi) is 8.10. The molecule has 0 spiro atoms. The SMILES string of the molecule is CCOC(=O)c1cc(-c2ccc(C)cc2)n(CCC(=O)NCCC2=CCCCC2)c1C. The van der Waals surface area contributed by atoms with Gasteiger partial charge in [-0.05, 0) is 64.5 Å². The molecule has 0 atom stereocenters. The van der Waals surface area contributed by atoms with Crippen LogP contribution in [0.1, 0.15) is 67.1 Å². The lowest BCUT2D eigenvalue weighted by molar-refractivity contribution is -0.121. The summed E-state index contributed by atoms with van der Waals surface area (Å²) in [6.07, 6.45) is 8.51. The summed E-state index contributed by atoms with van der Waals surface area (Å²) in [4.78, 5) is 24.9. The van der Waals surface area contributed by atoms with E-state index < -0.39 is 0 Å². The first kappa shape index (κ1) is 22.9. The molecule has 1 amide bonds. The Morgan fingerprint density at radius 3 is 2.58 bits per heavy atom. The van der Waals surface area contributed by atoms with E-state index in [2.05, 4.69) is 28.1 Å². The topological polar surface area (TPSA) is 60.3 Å². The summed E-state index contributed by atoms with van der Waals surface area (Å²) < 4.78 is 7.29. The lowest BCUT2D eigenvalue weighted by Gasteiger charge is -2.14. The van der Waals surface area contributed by atoms with E-state index in [0.717, 1.165) is 29.8 Å². The van der Waals surface area contributed by atoms with Crippen LogP contribution in [0.3, 0.4) is 0 Å². The minimum absolute atomic E-state index is 0.0389. The number of aryl methyl sites for hydroxylation is 1. The van der Waals surface area contributed by atoms with E-state index in [0.29, 0.717) is 31.7 Å². The molecular formula is C26H34N2O3. The number of aromatic nitrogens is 1. The number of ether oxygens (including phenoxy) is 1. The van der Waals surface area contributed by atoms with Crippen LogP contribution in [0, 0.1) is 13.8 Å². The molecule has 5 heteroatoms. The average molecular weight is 423 g/mol. The van der Waals surface area contributed by atoms with Crippen LogP contribution in [-0.2, 0) is 16.1 Å². The molecule has 5 nitrogen and oxygen atoms in total. The van der Waals surface area contributed by atoms with Crippen molar-refractivity contribution in [3.8, 4) is 11.3 Å². The Morgan fingerprint density at radius 1 is 1.13 bits per heavy atom. The highest BCUT2D eigenvalue weighted by Crippen LogP contribution is 2.27. The van der Waals surface area contributed by atoms with Gasteiger partial charge in [0.1, 0.15) is 0 Å². The second kappa shape index (κ2) is 11.0. The molecule has 0 saturated carbocycles. The number of nitrogens with one attached hydrogen (secondary N) is 1. The van der Waals surface area contributed by atoms with Crippen molar-refractivity contribution in [1.82, 2.24) is 9.88 Å². The van der Waals surface area contributed by atoms with E-state index in [1.54, 1.807) is 6.92 Å². The first-order valence-electron chi connectivity index (χ1n) is 11.4. The lowest BCUT2D eigenvalue weighted by atomic mass is 9.97. The lowest BCUT2D eigenvalue weighted by Crippen LogP contribution is -2.26. The van der Waals surface area contributed by atoms with E-state index in [1.165, 1.54) is 30.4 Å². The van der Waals surface area contributed by atoms with Gasteiger partial charge in [0.15, 0.2) is 0 Å². The maximum absolute atomic E-state index is 12.5. The Labute approximate surface area is 185 Å². The summed E-state index contributed by atoms with van der Waals surface area (Å²) >= 11 is 0. The molecule has 0 bridgehead atoms. The van der Waals surface area contributed by atoms with Crippen LogP contribution >= 0.6 is 0 Å². The third-order valence-electron chi connectivity index (χ3n) is 5.92. The summed E-state index contributed by atoms with van der Waals surface area (Å²) in [5.41, 5.74) is 5.98. The van der Waals surface area contributed by atoms with Crippen LogP contribution in [0.2, 0.25) is 0 Å².